The number of hydrogen-bond acceptors (Lipinski definition) is 5. The summed E-state index contributed by atoms with van der Waals surface area (Å²) < 4.78 is 34.7. The molecular weight excluding hydrogens is 562 g/mol. The van der Waals surface area contributed by atoms with E-state index in [1.165, 1.54) is 23.5 Å². The van der Waals surface area contributed by atoms with Gasteiger partial charge in [0, 0.05) is 12.6 Å². The zero-order valence-electron chi connectivity index (χ0n) is 25.4. The highest BCUT2D eigenvalue weighted by atomic mass is 32.2. The third-order valence-electron chi connectivity index (χ3n) is 7.93. The van der Waals surface area contributed by atoms with Crippen molar-refractivity contribution in [3.05, 3.63) is 90.0 Å². The van der Waals surface area contributed by atoms with E-state index in [0.717, 1.165) is 41.1 Å². The van der Waals surface area contributed by atoms with E-state index in [4.69, 9.17) is 4.74 Å². The van der Waals surface area contributed by atoms with Crippen LogP contribution in [0.3, 0.4) is 0 Å². The second-order valence-electron chi connectivity index (χ2n) is 11.1. The molecule has 43 heavy (non-hydrogen) atoms. The molecule has 230 valence electrons. The van der Waals surface area contributed by atoms with Crippen LogP contribution in [0.4, 0.5) is 5.69 Å². The van der Waals surface area contributed by atoms with Crippen molar-refractivity contribution in [3.8, 4) is 5.75 Å². The molecule has 0 unspecified atom stereocenters. The van der Waals surface area contributed by atoms with Gasteiger partial charge in [0.15, 0.2) is 0 Å². The molecule has 3 aromatic rings. The lowest BCUT2D eigenvalue weighted by molar-refractivity contribution is -0.139. The Hall–Kier alpha value is -3.85. The predicted molar refractivity (Wildman–Crippen MR) is 170 cm³/mol. The number of nitrogens with zero attached hydrogens (tertiary/aromatic N) is 2. The highest BCUT2D eigenvalue weighted by Crippen LogP contribution is 2.26. The Balaban J connectivity index is 1.63. The van der Waals surface area contributed by atoms with Crippen molar-refractivity contribution in [2.24, 2.45) is 0 Å². The number of carbonyl (C=O) groups excluding carboxylic acids is 2. The Kier molecular flexibility index (Phi) is 11.2. The SMILES string of the molecule is CCOc1ccc(S(=O)(=O)N(CC(=O)N(CCc2ccccc2)[C@H](C)C(=O)NC2CCCCC2)c2ccc(C)cc2)cc1. The van der Waals surface area contributed by atoms with Crippen molar-refractivity contribution in [2.75, 3.05) is 24.0 Å². The molecule has 1 saturated carbocycles. The molecule has 0 aromatic heterocycles. The van der Waals surface area contributed by atoms with Crippen LogP contribution in [0.1, 0.15) is 57.1 Å². The molecule has 0 bridgehead atoms. The zero-order chi connectivity index (χ0) is 30.8. The molecule has 1 fully saturated rings. The van der Waals surface area contributed by atoms with E-state index in [9.17, 15) is 18.0 Å². The lowest BCUT2D eigenvalue weighted by Crippen LogP contribution is -2.53. The number of aryl methyl sites for hydroxylation is 1. The van der Waals surface area contributed by atoms with Crippen molar-refractivity contribution in [2.45, 2.75) is 76.3 Å². The van der Waals surface area contributed by atoms with Gasteiger partial charge in [-0.05, 0) is 82.0 Å². The Morgan fingerprint density at radius 3 is 2.21 bits per heavy atom. The number of ether oxygens (including phenoxy) is 1. The maximum Gasteiger partial charge on any atom is 0.264 e. The third-order valence-corrected chi connectivity index (χ3v) is 9.71. The zero-order valence-corrected chi connectivity index (χ0v) is 26.2. The van der Waals surface area contributed by atoms with Gasteiger partial charge in [-0.1, -0.05) is 67.3 Å². The minimum atomic E-state index is -4.13. The van der Waals surface area contributed by atoms with Crippen molar-refractivity contribution < 1.29 is 22.7 Å². The second-order valence-corrected chi connectivity index (χ2v) is 13.0. The second kappa shape index (κ2) is 15.0. The number of benzene rings is 3. The van der Waals surface area contributed by atoms with Gasteiger partial charge in [-0.15, -0.1) is 0 Å². The summed E-state index contributed by atoms with van der Waals surface area (Å²) in [6.45, 7) is 5.77. The average molecular weight is 606 g/mol. The minimum Gasteiger partial charge on any atom is -0.494 e. The first-order valence-electron chi connectivity index (χ1n) is 15.1. The summed E-state index contributed by atoms with van der Waals surface area (Å²) in [5.41, 5.74) is 2.36. The monoisotopic (exact) mass is 605 g/mol. The highest BCUT2D eigenvalue weighted by Gasteiger charge is 2.33. The Morgan fingerprint density at radius 1 is 0.930 bits per heavy atom. The van der Waals surface area contributed by atoms with Gasteiger partial charge in [-0.25, -0.2) is 8.42 Å². The van der Waals surface area contributed by atoms with Gasteiger partial charge in [0.25, 0.3) is 10.0 Å². The molecular formula is C34H43N3O5S. The Bertz CT molecular complexity index is 1440. The average Bonchev–Trinajstić information content (AvgIpc) is 3.02. The first kappa shape index (κ1) is 32.1. The molecule has 0 heterocycles. The number of amides is 2. The predicted octanol–water partition coefficient (Wildman–Crippen LogP) is 5.50. The smallest absolute Gasteiger partial charge is 0.264 e. The molecule has 3 aromatic carbocycles. The van der Waals surface area contributed by atoms with E-state index in [-0.39, 0.29) is 23.4 Å². The first-order valence-corrected chi connectivity index (χ1v) is 16.6. The summed E-state index contributed by atoms with van der Waals surface area (Å²) in [7, 11) is -4.13. The van der Waals surface area contributed by atoms with Crippen molar-refractivity contribution in [3.63, 3.8) is 0 Å². The van der Waals surface area contributed by atoms with Gasteiger partial charge in [0.1, 0.15) is 18.3 Å². The van der Waals surface area contributed by atoms with Crippen LogP contribution in [0.2, 0.25) is 0 Å². The van der Waals surface area contributed by atoms with Crippen molar-refractivity contribution >= 4 is 27.5 Å². The fourth-order valence-corrected chi connectivity index (χ4v) is 6.79. The van der Waals surface area contributed by atoms with E-state index in [1.807, 2.05) is 56.3 Å². The standard InChI is InChI=1S/C34H43N3O5S/c1-4-42-31-19-21-32(22-20-31)43(40,41)37(30-17-15-26(2)16-18-30)25-33(38)36(24-23-28-11-7-5-8-12-28)27(3)34(39)35-29-13-9-6-10-14-29/h5,7-8,11-12,15-22,27,29H,4,6,9-10,13-14,23-25H2,1-3H3,(H,35,39)/t27-/m1/s1. The van der Waals surface area contributed by atoms with E-state index < -0.39 is 28.5 Å². The van der Waals surface area contributed by atoms with Crippen molar-refractivity contribution in [1.82, 2.24) is 10.2 Å². The fraction of sp³-hybridized carbons (Fsp3) is 0.412. The van der Waals surface area contributed by atoms with Crippen LogP contribution in [0.25, 0.3) is 0 Å². The van der Waals surface area contributed by atoms with Crippen LogP contribution in [-0.2, 0) is 26.0 Å². The highest BCUT2D eigenvalue weighted by molar-refractivity contribution is 7.92. The molecule has 0 radical (unpaired) electrons. The molecule has 1 N–H and O–H groups in total. The van der Waals surface area contributed by atoms with Crippen LogP contribution in [0.15, 0.2) is 83.8 Å². The molecule has 8 nitrogen and oxygen atoms in total. The summed E-state index contributed by atoms with van der Waals surface area (Å²) in [5.74, 6) is -0.105. The topological polar surface area (TPSA) is 96.0 Å². The maximum absolute atomic E-state index is 14.1. The van der Waals surface area contributed by atoms with Crippen LogP contribution in [0, 0.1) is 6.92 Å². The molecule has 1 aliphatic rings. The minimum absolute atomic E-state index is 0.0447. The summed E-state index contributed by atoms with van der Waals surface area (Å²) in [4.78, 5) is 29.1. The number of anilines is 1. The van der Waals surface area contributed by atoms with Crippen LogP contribution < -0.4 is 14.4 Å². The van der Waals surface area contributed by atoms with E-state index in [2.05, 4.69) is 5.32 Å². The number of hydrogen-bond donors (Lipinski definition) is 1. The molecule has 0 aliphatic heterocycles. The largest absolute Gasteiger partial charge is 0.494 e. The molecule has 0 saturated heterocycles. The first-order chi connectivity index (χ1) is 20.7. The number of carbonyl (C=O) groups is 2. The molecule has 9 heteroatoms. The normalized spacial score (nSPS) is 14.5. The van der Waals surface area contributed by atoms with Gasteiger partial charge >= 0.3 is 0 Å². The van der Waals surface area contributed by atoms with Crippen LogP contribution >= 0.6 is 0 Å². The molecule has 2 amide bonds. The van der Waals surface area contributed by atoms with E-state index in [0.29, 0.717) is 24.5 Å². The molecule has 0 spiro atoms. The van der Waals surface area contributed by atoms with Gasteiger partial charge in [-0.2, -0.15) is 0 Å². The van der Waals surface area contributed by atoms with Crippen molar-refractivity contribution in [1.29, 1.82) is 0 Å². The fourth-order valence-electron chi connectivity index (χ4n) is 5.38. The van der Waals surface area contributed by atoms with Crippen LogP contribution in [-0.4, -0.2) is 56.9 Å². The van der Waals surface area contributed by atoms with E-state index in [1.54, 1.807) is 31.2 Å². The lowest BCUT2D eigenvalue weighted by Gasteiger charge is -2.33. The summed E-state index contributed by atoms with van der Waals surface area (Å²) >= 11 is 0. The van der Waals surface area contributed by atoms with Gasteiger partial charge in [0.2, 0.25) is 11.8 Å². The summed E-state index contributed by atoms with van der Waals surface area (Å²) in [6, 6.07) is 22.3. The maximum atomic E-state index is 14.1. The van der Waals surface area contributed by atoms with Gasteiger partial charge < -0.3 is 15.0 Å². The molecule has 1 atom stereocenters. The Labute approximate surface area is 256 Å². The summed E-state index contributed by atoms with van der Waals surface area (Å²) in [6.07, 6.45) is 5.71. The number of nitrogens with one attached hydrogen (secondary N) is 1. The molecule has 4 rings (SSSR count). The third kappa shape index (κ3) is 8.60. The van der Waals surface area contributed by atoms with Crippen LogP contribution in [0.5, 0.6) is 5.75 Å². The van der Waals surface area contributed by atoms with Gasteiger partial charge in [-0.3, -0.25) is 13.9 Å². The van der Waals surface area contributed by atoms with E-state index >= 15 is 0 Å². The number of sulfonamides is 1. The summed E-state index contributed by atoms with van der Waals surface area (Å²) in [5, 5.41) is 3.14. The lowest BCUT2D eigenvalue weighted by atomic mass is 9.95. The number of rotatable bonds is 13. The van der Waals surface area contributed by atoms with Gasteiger partial charge in [0.05, 0.1) is 17.2 Å². The quantitative estimate of drug-likeness (QED) is 0.278. The Morgan fingerprint density at radius 2 is 1.58 bits per heavy atom. The molecule has 1 aliphatic carbocycles.